The van der Waals surface area contributed by atoms with Crippen LogP contribution in [-0.4, -0.2) is 108 Å². The predicted molar refractivity (Wildman–Crippen MR) is 118 cm³/mol. The Bertz CT molecular complexity index is 662. The fraction of sp³-hybridized carbons (Fsp3) is 0.800. The molecule has 198 valence electrons. The number of methoxy groups -OCH3 is 2. The second-order valence-electron chi connectivity index (χ2n) is 7.42. The molecular formula is C20H38N4O10. The number of carbonyl (C=O) groups is 4. The van der Waals surface area contributed by atoms with Gasteiger partial charge in [0.1, 0.15) is 24.3 Å². The molecule has 2 unspecified atom stereocenters. The van der Waals surface area contributed by atoms with Crippen molar-refractivity contribution >= 4 is 23.8 Å². The van der Waals surface area contributed by atoms with Gasteiger partial charge in [0.05, 0.1) is 14.2 Å². The van der Waals surface area contributed by atoms with Crippen LogP contribution in [0.25, 0.3) is 0 Å². The van der Waals surface area contributed by atoms with E-state index in [2.05, 4.69) is 20.1 Å². The summed E-state index contributed by atoms with van der Waals surface area (Å²) in [6.45, 7) is -2.49. The Labute approximate surface area is 200 Å². The minimum atomic E-state index is -2.30. The number of aliphatic hydroxyl groups is 4. The lowest BCUT2D eigenvalue weighted by molar-refractivity contribution is -0.155. The highest BCUT2D eigenvalue weighted by Crippen LogP contribution is 2.07. The van der Waals surface area contributed by atoms with Gasteiger partial charge in [-0.05, 0) is 38.5 Å². The molecule has 8 atom stereocenters. The minimum Gasteiger partial charge on any atom is -0.468 e. The first-order valence-corrected chi connectivity index (χ1v) is 10.6. The number of nitrogens with one attached hydrogen (secondary N) is 2. The zero-order chi connectivity index (χ0) is 28.0. The van der Waals surface area contributed by atoms with Crippen LogP contribution in [0.15, 0.2) is 0 Å². The molecule has 0 aliphatic carbocycles. The van der Waals surface area contributed by atoms with Gasteiger partial charge in [-0.15, -0.1) is 0 Å². The Hall–Kier alpha value is -2.36. The van der Waals surface area contributed by atoms with Crippen LogP contribution in [0.4, 0.5) is 0 Å². The molecule has 14 nitrogen and oxygen atoms in total. The van der Waals surface area contributed by atoms with E-state index in [1.807, 2.05) is 0 Å². The molecule has 0 aliphatic rings. The standard InChI is InChI=1S/C20H38N4O10/c1-33-19(31)11(21)7-3-5-9-23-17(29)15(27)13(25)14(26)16(28)18(30)24-10-6-4-8-12(22)20(32)34-2/h11-16,25-28H,3-10,21-22H2,1-2H3,(H,23,29)(H,24,30)/t11-,12-,13-,14-,15-,16+/m0/s1/i9D,10D/t9?,10?,11-,12-,13-,14-,15-,16+. The lowest BCUT2D eigenvalue weighted by Crippen LogP contribution is -2.54. The molecule has 0 aliphatic heterocycles. The summed E-state index contributed by atoms with van der Waals surface area (Å²) >= 11 is 0. The van der Waals surface area contributed by atoms with E-state index < -0.39 is 73.3 Å². The van der Waals surface area contributed by atoms with Gasteiger partial charge in [-0.3, -0.25) is 19.2 Å². The van der Waals surface area contributed by atoms with Crippen molar-refractivity contribution in [2.24, 2.45) is 11.5 Å². The van der Waals surface area contributed by atoms with Crippen LogP contribution in [0.1, 0.15) is 41.3 Å². The van der Waals surface area contributed by atoms with Crippen LogP contribution >= 0.6 is 0 Å². The highest BCUT2D eigenvalue weighted by molar-refractivity contribution is 5.83. The first-order valence-electron chi connectivity index (χ1n) is 11.8. The molecule has 2 amide bonds. The SMILES string of the molecule is [2H]C(CCC[C@H](N)C(=O)OC)NC(=O)[C@@H](O)[C@@H](O)[C@H](O)[C@@H](O)C(=O)NC([2H])CCC[C@H](N)C(=O)OC. The molecule has 0 spiro atoms. The molecule has 14 heteroatoms. The summed E-state index contributed by atoms with van der Waals surface area (Å²) in [4.78, 5) is 46.6. The molecule has 0 radical (unpaired) electrons. The highest BCUT2D eigenvalue weighted by atomic mass is 16.5. The van der Waals surface area contributed by atoms with Gasteiger partial charge in [-0.1, -0.05) is 0 Å². The average molecular weight is 497 g/mol. The lowest BCUT2D eigenvalue weighted by Gasteiger charge is -2.25. The molecule has 0 aromatic heterocycles. The van der Waals surface area contributed by atoms with Gasteiger partial charge >= 0.3 is 11.9 Å². The largest absolute Gasteiger partial charge is 0.468 e. The van der Waals surface area contributed by atoms with Gasteiger partial charge in [-0.2, -0.15) is 0 Å². The van der Waals surface area contributed by atoms with Crippen LogP contribution in [0.2, 0.25) is 0 Å². The van der Waals surface area contributed by atoms with E-state index >= 15 is 0 Å². The summed E-state index contributed by atoms with van der Waals surface area (Å²) in [5, 5.41) is 44.1. The van der Waals surface area contributed by atoms with Gasteiger partial charge in [-0.25, -0.2) is 0 Å². The summed E-state index contributed by atoms with van der Waals surface area (Å²) in [6.07, 6.45) is -8.22. The van der Waals surface area contributed by atoms with Gasteiger partial charge < -0.3 is 52.0 Å². The maximum atomic E-state index is 12.1. The van der Waals surface area contributed by atoms with E-state index in [0.717, 1.165) is 0 Å². The summed E-state index contributed by atoms with van der Waals surface area (Å²) in [5.74, 6) is -3.75. The van der Waals surface area contributed by atoms with Crippen LogP contribution in [0.5, 0.6) is 0 Å². The number of esters is 2. The molecule has 10 N–H and O–H groups in total. The van der Waals surface area contributed by atoms with Crippen molar-refractivity contribution < 1.29 is 51.8 Å². The number of nitrogens with two attached hydrogens (primary N) is 2. The van der Waals surface area contributed by atoms with E-state index in [9.17, 15) is 39.6 Å². The summed E-state index contributed by atoms with van der Waals surface area (Å²) in [5.41, 5.74) is 11.1. The van der Waals surface area contributed by atoms with Gasteiger partial charge in [0.2, 0.25) is 0 Å². The van der Waals surface area contributed by atoms with Crippen molar-refractivity contribution in [2.45, 2.75) is 75.0 Å². The van der Waals surface area contributed by atoms with Crippen molar-refractivity contribution in [2.75, 3.05) is 27.3 Å². The fourth-order valence-electron chi connectivity index (χ4n) is 2.62. The second kappa shape index (κ2) is 17.1. The zero-order valence-electron chi connectivity index (χ0n) is 21.3. The normalized spacial score (nSPS) is 19.1. The smallest absolute Gasteiger partial charge is 0.322 e. The van der Waals surface area contributed by atoms with Gasteiger partial charge in [0.25, 0.3) is 11.8 Å². The zero-order valence-corrected chi connectivity index (χ0v) is 19.3. The fourth-order valence-corrected chi connectivity index (χ4v) is 2.62. The van der Waals surface area contributed by atoms with Crippen LogP contribution in [0.3, 0.4) is 0 Å². The van der Waals surface area contributed by atoms with E-state index in [-0.39, 0.29) is 38.5 Å². The van der Waals surface area contributed by atoms with Crippen molar-refractivity contribution in [3.63, 3.8) is 0 Å². The third kappa shape index (κ3) is 11.7. The van der Waals surface area contributed by atoms with E-state index in [0.29, 0.717) is 0 Å². The highest BCUT2D eigenvalue weighted by Gasteiger charge is 2.37. The van der Waals surface area contributed by atoms with Crippen molar-refractivity contribution in [1.82, 2.24) is 10.6 Å². The summed E-state index contributed by atoms with van der Waals surface area (Å²) in [7, 11) is 2.35. The van der Waals surface area contributed by atoms with Crippen LogP contribution in [0, 0.1) is 0 Å². The van der Waals surface area contributed by atoms with E-state index in [4.69, 9.17) is 14.2 Å². The Kier molecular flexibility index (Phi) is 14.0. The summed E-state index contributed by atoms with van der Waals surface area (Å²) in [6, 6.07) is -1.79. The molecule has 0 rings (SSSR count). The Morgan fingerprint density at radius 2 is 1.06 bits per heavy atom. The third-order valence-electron chi connectivity index (χ3n) is 4.76. The topological polar surface area (TPSA) is 244 Å². The molecule has 0 saturated heterocycles. The number of amides is 2. The average Bonchev–Trinajstić information content (AvgIpc) is 2.85. The molecule has 34 heavy (non-hydrogen) atoms. The summed E-state index contributed by atoms with van der Waals surface area (Å²) < 4.78 is 24.5. The van der Waals surface area contributed by atoms with E-state index in [1.54, 1.807) is 0 Å². The maximum absolute atomic E-state index is 12.1. The number of ether oxygens (including phenoxy) is 2. The Morgan fingerprint density at radius 3 is 1.35 bits per heavy atom. The monoisotopic (exact) mass is 496 g/mol. The molecule has 0 aromatic carbocycles. The van der Waals surface area contributed by atoms with Gasteiger partial charge in [0, 0.05) is 15.8 Å². The van der Waals surface area contributed by atoms with Crippen LogP contribution < -0.4 is 22.1 Å². The third-order valence-corrected chi connectivity index (χ3v) is 4.76. The predicted octanol–water partition coefficient (Wildman–Crippen LogP) is -4.00. The van der Waals surface area contributed by atoms with Gasteiger partial charge in [0.15, 0.2) is 12.2 Å². The second-order valence-corrected chi connectivity index (χ2v) is 7.42. The number of hydrogen-bond acceptors (Lipinski definition) is 12. The van der Waals surface area contributed by atoms with E-state index in [1.165, 1.54) is 14.2 Å². The number of aliphatic hydroxyl groups excluding tert-OH is 4. The molecule has 0 bridgehead atoms. The molecule has 0 fully saturated rings. The molecule has 0 heterocycles. The van der Waals surface area contributed by atoms with Crippen molar-refractivity contribution in [3.05, 3.63) is 0 Å². The Balaban J connectivity index is 4.56. The van der Waals surface area contributed by atoms with Crippen molar-refractivity contribution in [1.29, 1.82) is 0 Å². The minimum absolute atomic E-state index is 0.0439. The number of hydrogen-bond donors (Lipinski definition) is 8. The number of carbonyl (C=O) groups excluding carboxylic acids is 4. The first-order chi connectivity index (χ1) is 16.8. The molecule has 0 aromatic rings. The first kappa shape index (κ1) is 27.9. The molecule has 0 saturated carbocycles. The quantitative estimate of drug-likeness (QED) is 0.0898. The number of rotatable bonds is 17. The van der Waals surface area contributed by atoms with Crippen LogP contribution in [-0.2, 0) is 28.7 Å². The maximum Gasteiger partial charge on any atom is 0.322 e. The molecular weight excluding hydrogens is 456 g/mol. The lowest BCUT2D eigenvalue weighted by atomic mass is 10.0. The Morgan fingerprint density at radius 1 is 0.735 bits per heavy atom. The van der Waals surface area contributed by atoms with Crippen molar-refractivity contribution in [3.8, 4) is 0 Å².